The summed E-state index contributed by atoms with van der Waals surface area (Å²) in [6.07, 6.45) is 0.997. The number of ether oxygens (including phenoxy) is 2. The summed E-state index contributed by atoms with van der Waals surface area (Å²) >= 11 is 0. The van der Waals surface area contributed by atoms with Crippen molar-refractivity contribution in [1.82, 2.24) is 4.90 Å². The minimum Gasteiger partial charge on any atom is -0.497 e. The van der Waals surface area contributed by atoms with E-state index in [2.05, 4.69) is 38.1 Å². The molecular formula is C30H34N2O3. The molecule has 0 unspecified atom stereocenters. The molecule has 1 aliphatic rings. The maximum Gasteiger partial charge on any atom is 0.252 e. The third kappa shape index (κ3) is 5.40. The molecule has 0 radical (unpaired) electrons. The second-order valence-corrected chi connectivity index (χ2v) is 9.48. The van der Waals surface area contributed by atoms with Crippen LogP contribution in [0, 0.1) is 5.92 Å². The second-order valence-electron chi connectivity index (χ2n) is 9.48. The van der Waals surface area contributed by atoms with Crippen LogP contribution < -0.4 is 4.74 Å². The zero-order chi connectivity index (χ0) is 24.8. The number of hydrogen-bond donors (Lipinski definition) is 0. The van der Waals surface area contributed by atoms with Crippen LogP contribution in [0.1, 0.15) is 30.5 Å². The van der Waals surface area contributed by atoms with Crippen LogP contribution in [0.5, 0.6) is 5.75 Å². The van der Waals surface area contributed by atoms with E-state index in [1.165, 1.54) is 0 Å². The Morgan fingerprint density at radius 2 is 1.34 bits per heavy atom. The lowest BCUT2D eigenvalue weighted by molar-refractivity contribution is -0.141. The highest BCUT2D eigenvalue weighted by molar-refractivity contribution is 5.98. The van der Waals surface area contributed by atoms with Crippen molar-refractivity contribution in [2.45, 2.75) is 44.8 Å². The first-order valence-corrected chi connectivity index (χ1v) is 12.1. The molecule has 182 valence electrons. The van der Waals surface area contributed by atoms with Gasteiger partial charge in [-0.3, -0.25) is 4.79 Å². The molecule has 1 heterocycles. The summed E-state index contributed by atoms with van der Waals surface area (Å²) in [6, 6.07) is 27.9. The highest BCUT2D eigenvalue weighted by Gasteiger charge is 2.50. The van der Waals surface area contributed by atoms with Crippen LogP contribution in [0.2, 0.25) is 0 Å². The third-order valence-corrected chi connectivity index (χ3v) is 6.60. The van der Waals surface area contributed by atoms with Crippen molar-refractivity contribution in [2.24, 2.45) is 10.9 Å². The topological polar surface area (TPSA) is 51.1 Å². The van der Waals surface area contributed by atoms with E-state index in [0.717, 1.165) is 22.4 Å². The zero-order valence-corrected chi connectivity index (χ0v) is 21.0. The SMILES string of the molecule is COC1=NC(Cc2ccccc2)(Cc2ccccc2)C(=O)N(Cc2ccc(OC)cc2)[C@H]1C(C)C. The fraction of sp³-hybridized carbons (Fsp3) is 0.333. The predicted molar refractivity (Wildman–Crippen MR) is 140 cm³/mol. The predicted octanol–water partition coefficient (Wildman–Crippen LogP) is 5.33. The molecule has 0 aliphatic carbocycles. The molecule has 5 nitrogen and oxygen atoms in total. The smallest absolute Gasteiger partial charge is 0.252 e. The molecule has 0 saturated heterocycles. The van der Waals surface area contributed by atoms with Crippen molar-refractivity contribution in [1.29, 1.82) is 0 Å². The number of methoxy groups -OCH3 is 2. The summed E-state index contributed by atoms with van der Waals surface area (Å²) in [5.41, 5.74) is 2.19. The number of benzene rings is 3. The lowest BCUT2D eigenvalue weighted by atomic mass is 9.81. The molecule has 1 amide bonds. The number of carbonyl (C=O) groups is 1. The Balaban J connectivity index is 1.81. The summed E-state index contributed by atoms with van der Waals surface area (Å²) < 4.78 is 11.2. The van der Waals surface area contributed by atoms with Gasteiger partial charge in [-0.25, -0.2) is 4.99 Å². The highest BCUT2D eigenvalue weighted by atomic mass is 16.5. The summed E-state index contributed by atoms with van der Waals surface area (Å²) in [5, 5.41) is 0. The van der Waals surface area contributed by atoms with Crippen molar-refractivity contribution in [3.8, 4) is 5.75 Å². The Kier molecular flexibility index (Phi) is 7.54. The van der Waals surface area contributed by atoms with Gasteiger partial charge >= 0.3 is 0 Å². The monoisotopic (exact) mass is 470 g/mol. The minimum atomic E-state index is -0.994. The van der Waals surface area contributed by atoms with Crippen LogP contribution in [-0.2, 0) is 28.9 Å². The van der Waals surface area contributed by atoms with E-state index in [0.29, 0.717) is 25.3 Å². The minimum absolute atomic E-state index is 0.0283. The number of rotatable bonds is 8. The Morgan fingerprint density at radius 3 is 1.80 bits per heavy atom. The number of amides is 1. The van der Waals surface area contributed by atoms with Gasteiger partial charge in [-0.15, -0.1) is 0 Å². The van der Waals surface area contributed by atoms with Crippen LogP contribution in [0.15, 0.2) is 89.9 Å². The number of carbonyl (C=O) groups excluding carboxylic acids is 1. The first kappa shape index (κ1) is 24.5. The van der Waals surface area contributed by atoms with Gasteiger partial charge in [0.1, 0.15) is 11.8 Å². The number of nitrogens with zero attached hydrogens (tertiary/aromatic N) is 2. The molecule has 3 aromatic rings. The Labute approximate surface area is 208 Å². The summed E-state index contributed by atoms with van der Waals surface area (Å²) in [7, 11) is 3.31. The zero-order valence-electron chi connectivity index (χ0n) is 21.0. The summed E-state index contributed by atoms with van der Waals surface area (Å²) in [5.74, 6) is 1.57. The molecule has 0 fully saturated rings. The van der Waals surface area contributed by atoms with Gasteiger partial charge in [0, 0.05) is 19.4 Å². The van der Waals surface area contributed by atoms with Crippen molar-refractivity contribution >= 4 is 11.8 Å². The van der Waals surface area contributed by atoms with Gasteiger partial charge < -0.3 is 14.4 Å². The first-order chi connectivity index (χ1) is 17.0. The quantitative estimate of drug-likeness (QED) is 0.447. The second kappa shape index (κ2) is 10.8. The van der Waals surface area contributed by atoms with Gasteiger partial charge in [0.05, 0.1) is 14.2 Å². The fourth-order valence-corrected chi connectivity index (χ4v) is 4.92. The van der Waals surface area contributed by atoms with E-state index in [1.807, 2.05) is 65.6 Å². The van der Waals surface area contributed by atoms with Crippen molar-refractivity contribution in [3.05, 3.63) is 102 Å². The average molecular weight is 471 g/mol. The maximum absolute atomic E-state index is 14.5. The van der Waals surface area contributed by atoms with Crippen LogP contribution in [0.3, 0.4) is 0 Å². The molecule has 0 N–H and O–H groups in total. The summed E-state index contributed by atoms with van der Waals surface area (Å²) in [6.45, 7) is 4.68. The highest BCUT2D eigenvalue weighted by Crippen LogP contribution is 2.34. The fourth-order valence-electron chi connectivity index (χ4n) is 4.92. The summed E-state index contributed by atoms with van der Waals surface area (Å²) in [4.78, 5) is 21.6. The maximum atomic E-state index is 14.5. The normalized spacial score (nSPS) is 17.3. The van der Waals surface area contributed by atoms with Crippen LogP contribution in [0.25, 0.3) is 0 Å². The molecule has 0 spiro atoms. The Bertz CT molecular complexity index is 1100. The van der Waals surface area contributed by atoms with E-state index in [4.69, 9.17) is 14.5 Å². The van der Waals surface area contributed by atoms with Crippen molar-refractivity contribution in [3.63, 3.8) is 0 Å². The molecule has 0 aromatic heterocycles. The van der Waals surface area contributed by atoms with E-state index < -0.39 is 5.54 Å². The van der Waals surface area contributed by atoms with Gasteiger partial charge in [0.25, 0.3) is 5.91 Å². The lowest BCUT2D eigenvalue weighted by Gasteiger charge is -2.45. The largest absolute Gasteiger partial charge is 0.497 e. The van der Waals surface area contributed by atoms with Crippen LogP contribution >= 0.6 is 0 Å². The van der Waals surface area contributed by atoms with Gasteiger partial charge in [0.2, 0.25) is 5.90 Å². The third-order valence-electron chi connectivity index (χ3n) is 6.60. The molecule has 1 aliphatic heterocycles. The molecule has 35 heavy (non-hydrogen) atoms. The van der Waals surface area contributed by atoms with Gasteiger partial charge in [0.15, 0.2) is 5.54 Å². The van der Waals surface area contributed by atoms with Gasteiger partial charge in [-0.1, -0.05) is 86.6 Å². The number of aliphatic imine (C=N–C) groups is 1. The van der Waals surface area contributed by atoms with Crippen molar-refractivity contribution in [2.75, 3.05) is 14.2 Å². The van der Waals surface area contributed by atoms with Gasteiger partial charge in [-0.05, 0) is 34.7 Å². The van der Waals surface area contributed by atoms with Crippen LogP contribution in [0.4, 0.5) is 0 Å². The first-order valence-electron chi connectivity index (χ1n) is 12.1. The molecule has 0 bridgehead atoms. The molecule has 3 aromatic carbocycles. The Hall–Kier alpha value is -3.60. The lowest BCUT2D eigenvalue weighted by Crippen LogP contribution is -2.62. The standard InChI is InChI=1S/C30H34N2O3/c1-22(2)27-28(35-4)31-30(19-23-11-7-5-8-12-23,20-24-13-9-6-10-14-24)29(33)32(27)21-25-15-17-26(34-3)18-16-25/h5-18,22,27H,19-21H2,1-4H3/t27-/m0/s1. The van der Waals surface area contributed by atoms with Gasteiger partial charge in [-0.2, -0.15) is 0 Å². The van der Waals surface area contributed by atoms with E-state index in [9.17, 15) is 4.79 Å². The average Bonchev–Trinajstić information content (AvgIpc) is 2.88. The van der Waals surface area contributed by atoms with E-state index >= 15 is 0 Å². The number of hydrogen-bond acceptors (Lipinski definition) is 4. The molecule has 0 saturated carbocycles. The van der Waals surface area contributed by atoms with E-state index in [1.54, 1.807) is 14.2 Å². The van der Waals surface area contributed by atoms with E-state index in [-0.39, 0.29) is 17.9 Å². The molecule has 1 atom stereocenters. The molecule has 4 rings (SSSR count). The molecular weight excluding hydrogens is 436 g/mol. The Morgan fingerprint density at radius 1 is 0.800 bits per heavy atom. The van der Waals surface area contributed by atoms with Crippen molar-refractivity contribution < 1.29 is 14.3 Å². The van der Waals surface area contributed by atoms with Crippen LogP contribution in [-0.4, -0.2) is 42.5 Å². The molecule has 5 heteroatoms.